The molecule has 0 radical (unpaired) electrons. The molecule has 0 heterocycles. The van der Waals surface area contributed by atoms with Gasteiger partial charge in [-0.15, -0.1) is 0 Å². The first kappa shape index (κ1) is 17.0. The van der Waals surface area contributed by atoms with Crippen molar-refractivity contribution in [1.82, 2.24) is 5.32 Å². The van der Waals surface area contributed by atoms with Crippen molar-refractivity contribution < 1.29 is 4.74 Å². The molecular weight excluding hydrogens is 234 g/mol. The minimum atomic E-state index is 0.0321. The maximum atomic E-state index is 5.58. The molecule has 2 atom stereocenters. The highest BCUT2D eigenvalue weighted by Gasteiger charge is 2.35. The molecule has 0 aromatic rings. The summed E-state index contributed by atoms with van der Waals surface area (Å²) < 4.78 is 5.58. The molecule has 2 nitrogen and oxygen atoms in total. The molecule has 0 aromatic carbocycles. The van der Waals surface area contributed by atoms with Crippen LogP contribution in [0.3, 0.4) is 0 Å². The molecule has 19 heavy (non-hydrogen) atoms. The summed E-state index contributed by atoms with van der Waals surface area (Å²) in [5, 5.41) is 3.56. The summed E-state index contributed by atoms with van der Waals surface area (Å²) in [6.07, 6.45) is 6.63. The second kappa shape index (κ2) is 7.08. The normalized spacial score (nSPS) is 27.5. The number of hydrogen-bond donors (Lipinski definition) is 1. The van der Waals surface area contributed by atoms with Crippen LogP contribution in [0.25, 0.3) is 0 Å². The van der Waals surface area contributed by atoms with E-state index in [1.165, 1.54) is 38.6 Å². The molecule has 1 aliphatic rings. The van der Waals surface area contributed by atoms with Crippen molar-refractivity contribution in [1.29, 1.82) is 0 Å². The number of hydrogen-bond acceptors (Lipinski definition) is 2. The van der Waals surface area contributed by atoms with Gasteiger partial charge in [0.05, 0.1) is 5.60 Å². The summed E-state index contributed by atoms with van der Waals surface area (Å²) in [5.74, 6) is 1.72. The Balaban J connectivity index is 2.56. The highest BCUT2D eigenvalue weighted by molar-refractivity contribution is 4.87. The van der Waals surface area contributed by atoms with Gasteiger partial charge in [-0.3, -0.25) is 0 Å². The average molecular weight is 269 g/mol. The van der Waals surface area contributed by atoms with Crippen LogP contribution >= 0.6 is 0 Å². The standard InChI is InChI=1S/C17H35NO/c1-7-18-13-15-8-10-16(2,3)12-14(15)9-11-17(4,5)19-6/h14-15,18H,7-13H2,1-6H3. The number of methoxy groups -OCH3 is 1. The van der Waals surface area contributed by atoms with E-state index in [2.05, 4.69) is 39.9 Å². The summed E-state index contributed by atoms with van der Waals surface area (Å²) in [6.45, 7) is 13.8. The van der Waals surface area contributed by atoms with Crippen molar-refractivity contribution in [3.8, 4) is 0 Å². The lowest BCUT2D eigenvalue weighted by Crippen LogP contribution is -2.37. The Morgan fingerprint density at radius 1 is 1.26 bits per heavy atom. The van der Waals surface area contributed by atoms with E-state index in [0.29, 0.717) is 5.41 Å². The minimum absolute atomic E-state index is 0.0321. The fourth-order valence-corrected chi connectivity index (χ4v) is 3.36. The molecule has 2 heteroatoms. The maximum absolute atomic E-state index is 5.58. The van der Waals surface area contributed by atoms with Gasteiger partial charge in [-0.25, -0.2) is 0 Å². The molecule has 0 amide bonds. The van der Waals surface area contributed by atoms with Crippen molar-refractivity contribution in [3.63, 3.8) is 0 Å². The van der Waals surface area contributed by atoms with Crippen LogP contribution in [-0.2, 0) is 4.74 Å². The first-order chi connectivity index (χ1) is 8.79. The molecule has 0 spiro atoms. The number of rotatable bonds is 7. The third kappa shape index (κ3) is 5.83. The molecule has 0 bridgehead atoms. The van der Waals surface area contributed by atoms with Crippen LogP contribution < -0.4 is 5.32 Å². The van der Waals surface area contributed by atoms with Gasteiger partial charge in [0, 0.05) is 7.11 Å². The lowest BCUT2D eigenvalue weighted by atomic mass is 9.65. The van der Waals surface area contributed by atoms with Crippen LogP contribution in [0.5, 0.6) is 0 Å². The second-order valence-corrected chi connectivity index (χ2v) is 7.74. The Morgan fingerprint density at radius 3 is 2.53 bits per heavy atom. The van der Waals surface area contributed by atoms with E-state index in [0.717, 1.165) is 18.4 Å². The van der Waals surface area contributed by atoms with Crippen molar-refractivity contribution in [2.45, 2.75) is 72.3 Å². The van der Waals surface area contributed by atoms with E-state index >= 15 is 0 Å². The molecule has 1 N–H and O–H groups in total. The van der Waals surface area contributed by atoms with Crippen LogP contribution in [0.1, 0.15) is 66.7 Å². The predicted octanol–water partition coefficient (Wildman–Crippen LogP) is 4.24. The molecule has 1 saturated carbocycles. The zero-order chi connectivity index (χ0) is 14.5. The van der Waals surface area contributed by atoms with Gasteiger partial charge in [-0.1, -0.05) is 20.8 Å². The van der Waals surface area contributed by atoms with E-state index in [-0.39, 0.29) is 5.60 Å². The van der Waals surface area contributed by atoms with E-state index in [1.54, 1.807) is 0 Å². The maximum Gasteiger partial charge on any atom is 0.0622 e. The topological polar surface area (TPSA) is 21.3 Å². The first-order valence-electron chi connectivity index (χ1n) is 8.05. The third-order valence-electron chi connectivity index (χ3n) is 5.00. The lowest BCUT2D eigenvalue weighted by Gasteiger charge is -2.42. The fourth-order valence-electron chi connectivity index (χ4n) is 3.36. The van der Waals surface area contributed by atoms with Crippen LogP contribution in [0.15, 0.2) is 0 Å². The van der Waals surface area contributed by atoms with Gasteiger partial charge in [0.1, 0.15) is 0 Å². The van der Waals surface area contributed by atoms with Gasteiger partial charge in [-0.05, 0) is 76.3 Å². The number of ether oxygens (including phenoxy) is 1. The highest BCUT2D eigenvalue weighted by Crippen LogP contribution is 2.44. The number of nitrogens with one attached hydrogen (secondary N) is 1. The highest BCUT2D eigenvalue weighted by atomic mass is 16.5. The van der Waals surface area contributed by atoms with Gasteiger partial charge >= 0.3 is 0 Å². The predicted molar refractivity (Wildman–Crippen MR) is 83.5 cm³/mol. The summed E-state index contributed by atoms with van der Waals surface area (Å²) in [5.41, 5.74) is 0.564. The van der Waals surface area contributed by atoms with Crippen LogP contribution in [0.2, 0.25) is 0 Å². The molecule has 0 aromatic heterocycles. The van der Waals surface area contributed by atoms with Gasteiger partial charge in [-0.2, -0.15) is 0 Å². The van der Waals surface area contributed by atoms with Crippen molar-refractivity contribution in [3.05, 3.63) is 0 Å². The smallest absolute Gasteiger partial charge is 0.0622 e. The largest absolute Gasteiger partial charge is 0.379 e. The van der Waals surface area contributed by atoms with Crippen molar-refractivity contribution in [2.75, 3.05) is 20.2 Å². The Hall–Kier alpha value is -0.0800. The molecule has 1 fully saturated rings. The van der Waals surface area contributed by atoms with Crippen molar-refractivity contribution >= 4 is 0 Å². The molecule has 0 saturated heterocycles. The lowest BCUT2D eigenvalue weighted by molar-refractivity contribution is 0.00131. The van der Waals surface area contributed by atoms with Crippen LogP contribution in [0.4, 0.5) is 0 Å². The van der Waals surface area contributed by atoms with Crippen LogP contribution in [-0.4, -0.2) is 25.8 Å². The molecule has 0 aliphatic heterocycles. The molecule has 1 aliphatic carbocycles. The van der Waals surface area contributed by atoms with Gasteiger partial charge in [0.2, 0.25) is 0 Å². The molecule has 2 unspecified atom stereocenters. The summed E-state index contributed by atoms with van der Waals surface area (Å²) in [4.78, 5) is 0. The monoisotopic (exact) mass is 269 g/mol. The quantitative estimate of drug-likeness (QED) is 0.746. The Kier molecular flexibility index (Phi) is 6.32. The van der Waals surface area contributed by atoms with E-state index in [4.69, 9.17) is 4.74 Å². The molecule has 114 valence electrons. The van der Waals surface area contributed by atoms with Crippen LogP contribution in [0, 0.1) is 17.3 Å². The van der Waals surface area contributed by atoms with E-state index in [1.807, 2.05) is 7.11 Å². The molecule has 1 rings (SSSR count). The van der Waals surface area contributed by atoms with Gasteiger partial charge < -0.3 is 10.1 Å². The Labute approximate surface area is 120 Å². The minimum Gasteiger partial charge on any atom is -0.379 e. The third-order valence-corrected chi connectivity index (χ3v) is 5.00. The van der Waals surface area contributed by atoms with Gasteiger partial charge in [0.25, 0.3) is 0 Å². The summed E-state index contributed by atoms with van der Waals surface area (Å²) in [7, 11) is 1.83. The summed E-state index contributed by atoms with van der Waals surface area (Å²) >= 11 is 0. The average Bonchev–Trinajstić information content (AvgIpc) is 2.35. The van der Waals surface area contributed by atoms with Gasteiger partial charge in [0.15, 0.2) is 0 Å². The van der Waals surface area contributed by atoms with E-state index < -0.39 is 0 Å². The first-order valence-corrected chi connectivity index (χ1v) is 8.05. The zero-order valence-corrected chi connectivity index (χ0v) is 14.0. The second-order valence-electron chi connectivity index (χ2n) is 7.74. The Bertz CT molecular complexity index is 260. The summed E-state index contributed by atoms with van der Waals surface area (Å²) in [6, 6.07) is 0. The van der Waals surface area contributed by atoms with Crippen molar-refractivity contribution in [2.24, 2.45) is 17.3 Å². The SMILES string of the molecule is CCNCC1CCC(C)(C)CC1CCC(C)(C)OC. The zero-order valence-electron chi connectivity index (χ0n) is 14.0. The molecular formula is C17H35NO. The fraction of sp³-hybridized carbons (Fsp3) is 1.00. The Morgan fingerprint density at radius 2 is 1.95 bits per heavy atom. The van der Waals surface area contributed by atoms with E-state index in [9.17, 15) is 0 Å².